The molecule has 2 rings (SSSR count). The fourth-order valence-electron chi connectivity index (χ4n) is 3.85. The highest BCUT2D eigenvalue weighted by atomic mass is 15.2. The normalized spacial score (nSPS) is 22.0. The number of hydrazine groups is 1. The van der Waals surface area contributed by atoms with Gasteiger partial charge in [0.25, 0.3) is 0 Å². The molecular weight excluding hydrogens is 244 g/mol. The van der Waals surface area contributed by atoms with Crippen molar-refractivity contribution in [3.05, 3.63) is 35.4 Å². The zero-order valence-electron chi connectivity index (χ0n) is 13.8. The molecule has 1 aromatic rings. The third-order valence-electron chi connectivity index (χ3n) is 5.60. The van der Waals surface area contributed by atoms with Crippen LogP contribution in [0, 0.1) is 22.7 Å². The molecular formula is C18H30N2. The summed E-state index contributed by atoms with van der Waals surface area (Å²) < 4.78 is 0. The van der Waals surface area contributed by atoms with Gasteiger partial charge in [0.2, 0.25) is 0 Å². The summed E-state index contributed by atoms with van der Waals surface area (Å²) in [6, 6.07) is 9.17. The second kappa shape index (κ2) is 5.16. The van der Waals surface area contributed by atoms with Crippen LogP contribution in [-0.4, -0.2) is 0 Å². The number of rotatable bonds is 5. The maximum Gasteiger partial charge on any atom is 0.0498 e. The predicted molar refractivity (Wildman–Crippen MR) is 86.1 cm³/mol. The van der Waals surface area contributed by atoms with Gasteiger partial charge in [0.15, 0.2) is 0 Å². The minimum absolute atomic E-state index is 0.243. The Morgan fingerprint density at radius 2 is 1.75 bits per heavy atom. The molecule has 112 valence electrons. The first-order valence-corrected chi connectivity index (χ1v) is 7.76. The molecule has 0 heterocycles. The van der Waals surface area contributed by atoms with Crippen molar-refractivity contribution in [1.82, 2.24) is 5.43 Å². The average molecular weight is 274 g/mol. The standard InChI is InChI=1S/C18H30N2/c1-12(2)10-13-8-7-9-14(11-13)15(20-19)16-17(3,4)18(16,5)6/h7-9,11-12,15-16,20H,10,19H2,1-6H3. The first kappa shape index (κ1) is 15.5. The molecule has 0 aliphatic heterocycles. The van der Waals surface area contributed by atoms with Crippen LogP contribution in [0.25, 0.3) is 0 Å². The Bertz CT molecular complexity index is 460. The number of nitrogens with one attached hydrogen (secondary N) is 1. The summed E-state index contributed by atoms with van der Waals surface area (Å²) in [5, 5.41) is 0. The van der Waals surface area contributed by atoms with Crippen molar-refractivity contribution in [3.63, 3.8) is 0 Å². The van der Waals surface area contributed by atoms with Crippen LogP contribution in [0.2, 0.25) is 0 Å². The third-order valence-corrected chi connectivity index (χ3v) is 5.60. The lowest BCUT2D eigenvalue weighted by molar-refractivity contribution is 0.417. The van der Waals surface area contributed by atoms with E-state index in [2.05, 4.69) is 71.2 Å². The molecule has 1 unspecified atom stereocenters. The summed E-state index contributed by atoms with van der Waals surface area (Å²) in [5.41, 5.74) is 6.47. The molecule has 1 atom stereocenters. The zero-order valence-corrected chi connectivity index (χ0v) is 13.8. The van der Waals surface area contributed by atoms with E-state index in [-0.39, 0.29) is 6.04 Å². The quantitative estimate of drug-likeness (QED) is 0.627. The SMILES string of the molecule is CC(C)Cc1cccc(C(NN)C2C(C)(C)C2(C)C)c1. The summed E-state index contributed by atoms with van der Waals surface area (Å²) in [5.74, 6) is 7.15. The largest absolute Gasteiger partial charge is 0.271 e. The Morgan fingerprint density at radius 3 is 2.20 bits per heavy atom. The lowest BCUT2D eigenvalue weighted by Gasteiger charge is -2.20. The van der Waals surface area contributed by atoms with Gasteiger partial charge < -0.3 is 0 Å². The smallest absolute Gasteiger partial charge is 0.0498 e. The van der Waals surface area contributed by atoms with Gasteiger partial charge in [-0.15, -0.1) is 0 Å². The van der Waals surface area contributed by atoms with Gasteiger partial charge in [0.1, 0.15) is 0 Å². The van der Waals surface area contributed by atoms with Crippen molar-refractivity contribution in [2.24, 2.45) is 28.5 Å². The summed E-state index contributed by atoms with van der Waals surface area (Å²) in [6.07, 6.45) is 1.13. The van der Waals surface area contributed by atoms with E-state index < -0.39 is 0 Å². The fraction of sp³-hybridized carbons (Fsp3) is 0.667. The van der Waals surface area contributed by atoms with E-state index in [0.717, 1.165) is 6.42 Å². The summed E-state index contributed by atoms with van der Waals surface area (Å²) >= 11 is 0. The maximum absolute atomic E-state index is 5.89. The molecule has 0 radical (unpaired) electrons. The highest BCUT2D eigenvalue weighted by Gasteiger charge is 2.67. The molecule has 20 heavy (non-hydrogen) atoms. The molecule has 0 amide bonds. The Kier molecular flexibility index (Phi) is 4.01. The van der Waals surface area contributed by atoms with Gasteiger partial charge in [0.05, 0.1) is 0 Å². The number of hydrogen-bond donors (Lipinski definition) is 2. The van der Waals surface area contributed by atoms with Crippen molar-refractivity contribution in [3.8, 4) is 0 Å². The lowest BCUT2D eigenvalue weighted by Crippen LogP contribution is -2.31. The minimum atomic E-state index is 0.243. The second-order valence-corrected chi connectivity index (χ2v) is 7.91. The Hall–Kier alpha value is -0.860. The highest BCUT2D eigenvalue weighted by Crippen LogP contribution is 2.72. The Morgan fingerprint density at radius 1 is 1.15 bits per heavy atom. The molecule has 2 heteroatoms. The van der Waals surface area contributed by atoms with Crippen LogP contribution in [-0.2, 0) is 6.42 Å². The van der Waals surface area contributed by atoms with Crippen molar-refractivity contribution in [2.75, 3.05) is 0 Å². The van der Waals surface area contributed by atoms with Crippen molar-refractivity contribution in [2.45, 2.75) is 54.0 Å². The zero-order chi connectivity index (χ0) is 15.1. The van der Waals surface area contributed by atoms with Crippen LogP contribution in [0.5, 0.6) is 0 Å². The molecule has 0 aromatic heterocycles. The molecule has 3 N–H and O–H groups in total. The number of benzene rings is 1. The van der Waals surface area contributed by atoms with E-state index in [1.807, 2.05) is 0 Å². The monoisotopic (exact) mass is 274 g/mol. The lowest BCUT2D eigenvalue weighted by atomic mass is 9.93. The number of hydrogen-bond acceptors (Lipinski definition) is 2. The fourth-order valence-corrected chi connectivity index (χ4v) is 3.85. The summed E-state index contributed by atoms with van der Waals surface area (Å²) in [7, 11) is 0. The highest BCUT2D eigenvalue weighted by molar-refractivity contribution is 5.31. The van der Waals surface area contributed by atoms with Gasteiger partial charge in [-0.25, -0.2) is 0 Å². The third kappa shape index (κ3) is 2.51. The van der Waals surface area contributed by atoms with Crippen LogP contribution >= 0.6 is 0 Å². The van der Waals surface area contributed by atoms with E-state index in [9.17, 15) is 0 Å². The molecule has 1 saturated carbocycles. The molecule has 0 spiro atoms. The topological polar surface area (TPSA) is 38.0 Å². The molecule has 1 aliphatic rings. The van der Waals surface area contributed by atoms with Crippen molar-refractivity contribution < 1.29 is 0 Å². The molecule has 1 aromatic carbocycles. The molecule has 2 nitrogen and oxygen atoms in total. The molecule has 0 bridgehead atoms. The first-order chi connectivity index (χ1) is 9.21. The maximum atomic E-state index is 5.89. The molecule has 1 aliphatic carbocycles. The van der Waals surface area contributed by atoms with Crippen molar-refractivity contribution in [1.29, 1.82) is 0 Å². The summed E-state index contributed by atoms with van der Waals surface area (Å²) in [6.45, 7) is 13.9. The van der Waals surface area contributed by atoms with E-state index in [1.165, 1.54) is 11.1 Å². The van der Waals surface area contributed by atoms with Gasteiger partial charge in [0, 0.05) is 6.04 Å². The van der Waals surface area contributed by atoms with Gasteiger partial charge in [-0.3, -0.25) is 11.3 Å². The van der Waals surface area contributed by atoms with E-state index in [0.29, 0.717) is 22.7 Å². The molecule has 0 saturated heterocycles. The average Bonchev–Trinajstić information content (AvgIpc) is 2.73. The molecule has 1 fully saturated rings. The Labute approximate surface area is 124 Å². The van der Waals surface area contributed by atoms with E-state index in [4.69, 9.17) is 5.84 Å². The van der Waals surface area contributed by atoms with Crippen LogP contribution < -0.4 is 11.3 Å². The van der Waals surface area contributed by atoms with Gasteiger partial charge >= 0.3 is 0 Å². The first-order valence-electron chi connectivity index (χ1n) is 7.76. The predicted octanol–water partition coefficient (Wildman–Crippen LogP) is 4.07. The minimum Gasteiger partial charge on any atom is -0.271 e. The number of nitrogens with two attached hydrogens (primary N) is 1. The van der Waals surface area contributed by atoms with Gasteiger partial charge in [-0.2, -0.15) is 0 Å². The van der Waals surface area contributed by atoms with Crippen LogP contribution in [0.15, 0.2) is 24.3 Å². The van der Waals surface area contributed by atoms with Gasteiger partial charge in [-0.05, 0) is 40.2 Å². The van der Waals surface area contributed by atoms with E-state index >= 15 is 0 Å². The van der Waals surface area contributed by atoms with E-state index in [1.54, 1.807) is 0 Å². The van der Waals surface area contributed by atoms with Crippen LogP contribution in [0.3, 0.4) is 0 Å². The Balaban J connectivity index is 2.25. The summed E-state index contributed by atoms with van der Waals surface area (Å²) in [4.78, 5) is 0. The van der Waals surface area contributed by atoms with Crippen LogP contribution in [0.4, 0.5) is 0 Å². The van der Waals surface area contributed by atoms with Gasteiger partial charge in [-0.1, -0.05) is 65.8 Å². The second-order valence-electron chi connectivity index (χ2n) is 7.91. The van der Waals surface area contributed by atoms with Crippen molar-refractivity contribution >= 4 is 0 Å². The van der Waals surface area contributed by atoms with Crippen LogP contribution in [0.1, 0.15) is 58.7 Å².